The van der Waals surface area contributed by atoms with Crippen molar-refractivity contribution in [2.45, 2.75) is 44.0 Å². The lowest BCUT2D eigenvalue weighted by molar-refractivity contribution is -0.210. The van der Waals surface area contributed by atoms with Crippen molar-refractivity contribution in [1.29, 1.82) is 0 Å². The smallest absolute Gasteiger partial charge is 0.354 e. The van der Waals surface area contributed by atoms with Gasteiger partial charge in [-0.3, -0.25) is 9.69 Å². The molecule has 4 unspecified atom stereocenters. The molecule has 2 fully saturated rings. The lowest BCUT2D eigenvalue weighted by Gasteiger charge is -2.42. The zero-order valence-corrected chi connectivity index (χ0v) is 20.4. The number of halogens is 7. The Hall–Kier alpha value is -2.70. The summed E-state index contributed by atoms with van der Waals surface area (Å²) in [5, 5.41) is 2.75. The van der Waals surface area contributed by atoms with Gasteiger partial charge in [0.1, 0.15) is 5.82 Å². The van der Waals surface area contributed by atoms with E-state index in [1.807, 2.05) is 4.90 Å². The van der Waals surface area contributed by atoms with E-state index in [-0.39, 0.29) is 36.6 Å². The van der Waals surface area contributed by atoms with Crippen molar-refractivity contribution in [3.05, 3.63) is 70.5 Å². The molecule has 5 nitrogen and oxygen atoms in total. The van der Waals surface area contributed by atoms with E-state index >= 15 is 0 Å². The largest absolute Gasteiger partial charge is 0.416 e. The quantitative estimate of drug-likeness (QED) is 0.484. The van der Waals surface area contributed by atoms with Gasteiger partial charge in [0.05, 0.1) is 30.4 Å². The molecular weight excluding hydrogens is 521 g/mol. The van der Waals surface area contributed by atoms with Gasteiger partial charge in [0.15, 0.2) is 6.29 Å². The molecule has 4 atom stereocenters. The molecule has 2 aromatic rings. The maximum absolute atomic E-state index is 13.7. The number of piperazine rings is 1. The molecule has 2 heterocycles. The number of rotatable bonds is 6. The van der Waals surface area contributed by atoms with Gasteiger partial charge >= 0.3 is 12.4 Å². The summed E-state index contributed by atoms with van der Waals surface area (Å²) in [6, 6.07) is 6.98. The van der Waals surface area contributed by atoms with E-state index in [9.17, 15) is 35.5 Å². The number of nitrogens with one attached hydrogen (secondary N) is 1. The molecule has 0 spiro atoms. The maximum Gasteiger partial charge on any atom is 0.416 e. The number of alkyl halides is 6. The number of nitrogens with zero attached hydrogens (tertiary/aromatic N) is 1. The predicted molar refractivity (Wildman–Crippen MR) is 122 cm³/mol. The van der Waals surface area contributed by atoms with Crippen LogP contribution >= 0.6 is 0 Å². The van der Waals surface area contributed by atoms with Crippen LogP contribution in [0.5, 0.6) is 0 Å². The molecule has 0 radical (unpaired) electrons. The highest BCUT2D eigenvalue weighted by Crippen LogP contribution is 2.41. The Morgan fingerprint density at radius 1 is 1.05 bits per heavy atom. The average molecular weight is 548 g/mol. The van der Waals surface area contributed by atoms with E-state index in [1.165, 1.54) is 19.1 Å². The summed E-state index contributed by atoms with van der Waals surface area (Å²) >= 11 is 0. The highest BCUT2D eigenvalue weighted by atomic mass is 19.4. The molecule has 38 heavy (non-hydrogen) atoms. The molecule has 0 bridgehead atoms. The van der Waals surface area contributed by atoms with Gasteiger partial charge in [-0.1, -0.05) is 12.1 Å². The topological polar surface area (TPSA) is 50.8 Å². The summed E-state index contributed by atoms with van der Waals surface area (Å²) in [6.07, 6.45) is -11.6. The van der Waals surface area contributed by atoms with Gasteiger partial charge in [-0.25, -0.2) is 4.39 Å². The van der Waals surface area contributed by atoms with Crippen LogP contribution in [0, 0.1) is 11.7 Å². The highest BCUT2D eigenvalue weighted by molar-refractivity contribution is 5.78. The summed E-state index contributed by atoms with van der Waals surface area (Å²) in [5.41, 5.74) is -2.52. The lowest BCUT2D eigenvalue weighted by atomic mass is 9.81. The van der Waals surface area contributed by atoms with Gasteiger partial charge in [0.25, 0.3) is 0 Å². The minimum Gasteiger partial charge on any atom is -0.354 e. The van der Waals surface area contributed by atoms with Crippen LogP contribution < -0.4 is 5.32 Å². The summed E-state index contributed by atoms with van der Waals surface area (Å²) in [6.45, 7) is 3.37. The fourth-order valence-electron chi connectivity index (χ4n) is 4.96. The fourth-order valence-corrected chi connectivity index (χ4v) is 4.96. The highest BCUT2D eigenvalue weighted by Gasteiger charge is 2.40. The van der Waals surface area contributed by atoms with Crippen molar-refractivity contribution in [1.82, 2.24) is 10.2 Å². The van der Waals surface area contributed by atoms with Crippen molar-refractivity contribution in [3.63, 3.8) is 0 Å². The average Bonchev–Trinajstić information content (AvgIpc) is 2.84. The summed E-state index contributed by atoms with van der Waals surface area (Å²) in [7, 11) is 0. The van der Waals surface area contributed by atoms with Gasteiger partial charge < -0.3 is 14.8 Å². The van der Waals surface area contributed by atoms with Gasteiger partial charge in [-0.05, 0) is 60.7 Å². The molecule has 0 aromatic heterocycles. The molecule has 1 N–H and O–H groups in total. The molecular formula is C26H27F7N2O3. The maximum atomic E-state index is 13.7. The van der Waals surface area contributed by atoms with Crippen LogP contribution in [0.25, 0.3) is 0 Å². The molecule has 208 valence electrons. The molecule has 2 saturated heterocycles. The summed E-state index contributed by atoms with van der Waals surface area (Å²) < 4.78 is 106. The van der Waals surface area contributed by atoms with Crippen molar-refractivity contribution >= 4 is 5.91 Å². The molecule has 12 heteroatoms. The molecule has 4 rings (SSSR count). The van der Waals surface area contributed by atoms with Crippen LogP contribution in [-0.2, 0) is 26.6 Å². The van der Waals surface area contributed by atoms with Gasteiger partial charge in [-0.15, -0.1) is 0 Å². The van der Waals surface area contributed by atoms with Gasteiger partial charge in [0, 0.05) is 25.6 Å². The minimum absolute atomic E-state index is 0.0689. The Balaban J connectivity index is 1.63. The zero-order chi connectivity index (χ0) is 27.7. The Labute approximate surface area is 214 Å². The normalized spacial score (nSPS) is 24.2. The number of benzene rings is 2. The molecule has 1 amide bonds. The van der Waals surface area contributed by atoms with Crippen LogP contribution in [0.3, 0.4) is 0 Å². The SMILES string of the molecule is CC(OC1OCCC(CN2CCNC(=O)C2)C1c1ccc(F)cc1)c1cc(C(F)(F)F)cc(C(F)(F)F)c1. The Morgan fingerprint density at radius 2 is 1.68 bits per heavy atom. The van der Waals surface area contributed by atoms with Crippen molar-refractivity contribution in [2.24, 2.45) is 5.92 Å². The van der Waals surface area contributed by atoms with E-state index in [4.69, 9.17) is 9.47 Å². The lowest BCUT2D eigenvalue weighted by Crippen LogP contribution is -2.51. The molecule has 2 aliphatic rings. The van der Waals surface area contributed by atoms with E-state index < -0.39 is 47.6 Å². The van der Waals surface area contributed by atoms with Gasteiger partial charge in [0.2, 0.25) is 5.91 Å². The number of amides is 1. The Morgan fingerprint density at radius 3 is 2.26 bits per heavy atom. The zero-order valence-electron chi connectivity index (χ0n) is 20.4. The molecule has 2 aromatic carbocycles. The first kappa shape index (κ1) is 28.3. The van der Waals surface area contributed by atoms with Crippen LogP contribution in [-0.4, -0.2) is 49.9 Å². The third-order valence-electron chi connectivity index (χ3n) is 6.85. The van der Waals surface area contributed by atoms with Gasteiger partial charge in [-0.2, -0.15) is 26.3 Å². The van der Waals surface area contributed by atoms with Crippen molar-refractivity contribution in [2.75, 3.05) is 32.8 Å². The first-order chi connectivity index (χ1) is 17.8. The number of ether oxygens (including phenoxy) is 2. The van der Waals surface area contributed by atoms with E-state index in [0.717, 1.165) is 0 Å². The second-order valence-electron chi connectivity index (χ2n) is 9.57. The Kier molecular flexibility index (Phi) is 8.34. The third-order valence-corrected chi connectivity index (χ3v) is 6.85. The molecule has 0 aliphatic carbocycles. The van der Waals surface area contributed by atoms with Crippen molar-refractivity contribution < 1.29 is 45.0 Å². The minimum atomic E-state index is -4.99. The monoisotopic (exact) mass is 548 g/mol. The number of hydrogen-bond acceptors (Lipinski definition) is 4. The summed E-state index contributed by atoms with van der Waals surface area (Å²) in [4.78, 5) is 13.8. The second-order valence-corrected chi connectivity index (χ2v) is 9.57. The first-order valence-electron chi connectivity index (χ1n) is 12.1. The number of carbonyl (C=O) groups excluding carboxylic acids is 1. The predicted octanol–water partition coefficient (Wildman–Crippen LogP) is 5.52. The van der Waals surface area contributed by atoms with E-state index in [1.54, 1.807) is 12.1 Å². The first-order valence-corrected chi connectivity index (χ1v) is 12.1. The third kappa shape index (κ3) is 6.83. The van der Waals surface area contributed by atoms with Crippen LogP contribution in [0.2, 0.25) is 0 Å². The van der Waals surface area contributed by atoms with Crippen LogP contribution in [0.15, 0.2) is 42.5 Å². The van der Waals surface area contributed by atoms with E-state index in [2.05, 4.69) is 5.32 Å². The fraction of sp³-hybridized carbons (Fsp3) is 0.500. The second kappa shape index (κ2) is 11.2. The van der Waals surface area contributed by atoms with Crippen molar-refractivity contribution in [3.8, 4) is 0 Å². The van der Waals surface area contributed by atoms with E-state index in [0.29, 0.717) is 43.8 Å². The number of carbonyl (C=O) groups is 1. The van der Waals surface area contributed by atoms with Crippen LogP contribution in [0.1, 0.15) is 47.6 Å². The molecule has 2 aliphatic heterocycles. The Bertz CT molecular complexity index is 1090. The summed E-state index contributed by atoms with van der Waals surface area (Å²) in [5.74, 6) is -1.23. The van der Waals surface area contributed by atoms with Crippen LogP contribution in [0.4, 0.5) is 30.7 Å². The molecule has 0 saturated carbocycles. The standard InChI is InChI=1S/C26H27F7N2O3/c1-15(18-10-19(25(28,29)30)12-20(11-18)26(31,32)33)38-24-23(16-2-4-21(27)5-3-16)17(6-9-37-24)13-35-8-7-34-22(36)14-35/h2-5,10-12,15,17,23-24H,6-9,13-14H2,1H3,(H,34,36). The number of hydrogen-bond donors (Lipinski definition) is 1.